The van der Waals surface area contributed by atoms with Crippen LogP contribution in [0, 0.1) is 11.3 Å². The second-order valence-electron chi connectivity index (χ2n) is 3.24. The molecule has 1 unspecified atom stereocenters. The molecule has 0 aliphatic rings. The number of carboxylic acid groups (broad SMARTS) is 1. The van der Waals surface area contributed by atoms with Crippen LogP contribution in [0.4, 0.5) is 0 Å². The van der Waals surface area contributed by atoms with Crippen LogP contribution in [0.5, 0.6) is 0 Å². The number of Topliss-reactive ketones (excluding diaryl/α,β-unsaturated/α-hetero) is 1. The van der Waals surface area contributed by atoms with Crippen LogP contribution in [-0.2, 0) is 15.0 Å². The predicted octanol–water partition coefficient (Wildman–Crippen LogP) is 1.12. The van der Waals surface area contributed by atoms with E-state index in [1.54, 1.807) is 36.4 Å². The van der Waals surface area contributed by atoms with Crippen molar-refractivity contribution >= 4 is 11.8 Å². The zero-order valence-electron chi connectivity index (χ0n) is 8.10. The molecule has 4 heteroatoms. The van der Waals surface area contributed by atoms with E-state index in [0.29, 0.717) is 5.56 Å². The highest BCUT2D eigenvalue weighted by molar-refractivity contribution is 6.37. The quantitative estimate of drug-likeness (QED) is 0.746. The molecule has 0 aliphatic heterocycles. The average Bonchev–Trinajstić information content (AvgIpc) is 2.28. The molecule has 76 valence electrons. The number of aliphatic carboxylic acids is 1. The van der Waals surface area contributed by atoms with Crippen LogP contribution in [0.15, 0.2) is 30.3 Å². The van der Waals surface area contributed by atoms with Crippen molar-refractivity contribution in [1.29, 1.82) is 5.26 Å². The van der Waals surface area contributed by atoms with Crippen LogP contribution in [0.3, 0.4) is 0 Å². The van der Waals surface area contributed by atoms with Crippen molar-refractivity contribution in [3.05, 3.63) is 35.9 Å². The Labute approximate surface area is 86.8 Å². The lowest BCUT2D eigenvalue weighted by molar-refractivity contribution is -0.150. The highest BCUT2D eigenvalue weighted by Gasteiger charge is 2.39. The number of benzene rings is 1. The van der Waals surface area contributed by atoms with E-state index in [1.165, 1.54) is 6.92 Å². The van der Waals surface area contributed by atoms with Gasteiger partial charge in [-0.25, -0.2) is 4.79 Å². The summed E-state index contributed by atoms with van der Waals surface area (Å²) < 4.78 is 0. The minimum absolute atomic E-state index is 0.389. The third-order valence-corrected chi connectivity index (χ3v) is 2.22. The first kappa shape index (κ1) is 10.9. The van der Waals surface area contributed by atoms with Gasteiger partial charge in [0.25, 0.3) is 5.78 Å². The molecule has 1 rings (SSSR count). The summed E-state index contributed by atoms with van der Waals surface area (Å²) in [4.78, 5) is 22.0. The van der Waals surface area contributed by atoms with E-state index >= 15 is 0 Å². The van der Waals surface area contributed by atoms with Crippen molar-refractivity contribution in [2.75, 3.05) is 0 Å². The number of rotatable bonds is 3. The topological polar surface area (TPSA) is 78.2 Å². The Hall–Kier alpha value is -2.15. The molecule has 0 radical (unpaired) electrons. The second kappa shape index (κ2) is 3.93. The molecule has 1 aromatic carbocycles. The lowest BCUT2D eigenvalue weighted by Gasteiger charge is -2.17. The Bertz CT molecular complexity index is 433. The Morgan fingerprint density at radius 3 is 2.27 bits per heavy atom. The van der Waals surface area contributed by atoms with Gasteiger partial charge in [-0.1, -0.05) is 30.3 Å². The second-order valence-corrected chi connectivity index (χ2v) is 3.24. The van der Waals surface area contributed by atoms with Gasteiger partial charge in [-0.05, 0) is 12.5 Å². The number of hydrogen-bond acceptors (Lipinski definition) is 3. The number of carbonyl (C=O) groups is 2. The summed E-state index contributed by atoms with van der Waals surface area (Å²) in [6.07, 6.45) is 0. The normalized spacial score (nSPS) is 13.6. The highest BCUT2D eigenvalue weighted by atomic mass is 16.4. The van der Waals surface area contributed by atoms with E-state index in [0.717, 1.165) is 0 Å². The maximum Gasteiger partial charge on any atom is 0.374 e. The number of carboxylic acids is 1. The van der Waals surface area contributed by atoms with Crippen LogP contribution in [-0.4, -0.2) is 16.9 Å². The number of carbonyl (C=O) groups excluding carboxylic acids is 1. The summed E-state index contributed by atoms with van der Waals surface area (Å²) >= 11 is 0. The molecule has 0 amide bonds. The van der Waals surface area contributed by atoms with Gasteiger partial charge in [-0.2, -0.15) is 5.26 Å². The third kappa shape index (κ3) is 1.86. The van der Waals surface area contributed by atoms with Gasteiger partial charge in [0.05, 0.1) is 6.07 Å². The predicted molar refractivity (Wildman–Crippen MR) is 52.0 cm³/mol. The fraction of sp³-hybridized carbons (Fsp3) is 0.182. The Morgan fingerprint density at radius 1 is 1.33 bits per heavy atom. The fourth-order valence-electron chi connectivity index (χ4n) is 1.23. The third-order valence-electron chi connectivity index (χ3n) is 2.22. The first-order valence-corrected chi connectivity index (χ1v) is 4.27. The smallest absolute Gasteiger partial charge is 0.374 e. The van der Waals surface area contributed by atoms with Crippen molar-refractivity contribution in [2.45, 2.75) is 12.3 Å². The van der Waals surface area contributed by atoms with Crippen LogP contribution in [0.25, 0.3) is 0 Å². The van der Waals surface area contributed by atoms with Crippen molar-refractivity contribution < 1.29 is 14.7 Å². The van der Waals surface area contributed by atoms with Gasteiger partial charge in [0.2, 0.25) is 0 Å². The van der Waals surface area contributed by atoms with Gasteiger partial charge in [0.15, 0.2) is 0 Å². The van der Waals surface area contributed by atoms with Gasteiger partial charge in [-0.15, -0.1) is 0 Å². The van der Waals surface area contributed by atoms with E-state index in [2.05, 4.69) is 0 Å². The van der Waals surface area contributed by atoms with Crippen LogP contribution >= 0.6 is 0 Å². The van der Waals surface area contributed by atoms with Gasteiger partial charge in [0, 0.05) is 0 Å². The number of nitrogens with zero attached hydrogens (tertiary/aromatic N) is 1. The Morgan fingerprint density at radius 2 is 1.87 bits per heavy atom. The van der Waals surface area contributed by atoms with Crippen molar-refractivity contribution in [3.8, 4) is 6.07 Å². The first-order valence-electron chi connectivity index (χ1n) is 4.27. The maximum absolute atomic E-state index is 11.4. The summed E-state index contributed by atoms with van der Waals surface area (Å²) in [5, 5.41) is 17.5. The average molecular weight is 203 g/mol. The molecule has 4 nitrogen and oxygen atoms in total. The number of nitriles is 1. The van der Waals surface area contributed by atoms with Crippen LogP contribution < -0.4 is 0 Å². The SMILES string of the molecule is CC(C#N)(C(=O)C(=O)O)c1ccccc1. The minimum atomic E-state index is -1.62. The highest BCUT2D eigenvalue weighted by Crippen LogP contribution is 2.23. The summed E-state index contributed by atoms with van der Waals surface area (Å²) in [5.41, 5.74) is -1.23. The number of hydrogen-bond donors (Lipinski definition) is 1. The molecule has 1 atom stereocenters. The molecule has 0 aromatic heterocycles. The van der Waals surface area contributed by atoms with Crippen molar-refractivity contribution in [2.24, 2.45) is 0 Å². The van der Waals surface area contributed by atoms with Crippen molar-refractivity contribution in [1.82, 2.24) is 0 Å². The lowest BCUT2D eigenvalue weighted by atomic mass is 9.80. The van der Waals surface area contributed by atoms with Crippen LogP contribution in [0.2, 0.25) is 0 Å². The van der Waals surface area contributed by atoms with Crippen molar-refractivity contribution in [3.63, 3.8) is 0 Å². The Balaban J connectivity index is 3.25. The molecule has 15 heavy (non-hydrogen) atoms. The summed E-state index contributed by atoms with van der Waals surface area (Å²) in [6, 6.07) is 9.90. The molecular formula is C11H9NO3. The van der Waals surface area contributed by atoms with E-state index in [4.69, 9.17) is 10.4 Å². The monoisotopic (exact) mass is 203 g/mol. The van der Waals surface area contributed by atoms with Gasteiger partial charge < -0.3 is 5.11 Å². The molecule has 0 saturated carbocycles. The molecule has 1 aromatic rings. The summed E-state index contributed by atoms with van der Waals surface area (Å²) in [6.45, 7) is 1.30. The standard InChI is InChI=1S/C11H9NO3/c1-11(7-12,9(13)10(14)15)8-5-3-2-4-6-8/h2-6H,1H3,(H,14,15). The molecule has 1 N–H and O–H groups in total. The van der Waals surface area contributed by atoms with Gasteiger partial charge >= 0.3 is 5.97 Å². The van der Waals surface area contributed by atoms with Crippen LogP contribution in [0.1, 0.15) is 12.5 Å². The molecular weight excluding hydrogens is 194 g/mol. The van der Waals surface area contributed by atoms with E-state index in [-0.39, 0.29) is 0 Å². The molecule has 0 aliphatic carbocycles. The van der Waals surface area contributed by atoms with E-state index in [1.807, 2.05) is 0 Å². The van der Waals surface area contributed by atoms with Gasteiger partial charge in [0.1, 0.15) is 5.41 Å². The summed E-state index contributed by atoms with van der Waals surface area (Å²) in [7, 11) is 0. The molecule has 0 spiro atoms. The fourth-order valence-corrected chi connectivity index (χ4v) is 1.23. The molecule has 0 fully saturated rings. The lowest BCUT2D eigenvalue weighted by Crippen LogP contribution is -2.36. The molecule has 0 heterocycles. The largest absolute Gasteiger partial charge is 0.475 e. The minimum Gasteiger partial charge on any atom is -0.475 e. The zero-order chi connectivity index (χ0) is 11.5. The number of ketones is 1. The summed E-state index contributed by atoms with van der Waals surface area (Å²) in [5.74, 6) is -2.71. The Kier molecular flexibility index (Phi) is 2.86. The maximum atomic E-state index is 11.4. The van der Waals surface area contributed by atoms with E-state index in [9.17, 15) is 9.59 Å². The van der Waals surface area contributed by atoms with Gasteiger partial charge in [-0.3, -0.25) is 4.79 Å². The first-order chi connectivity index (χ1) is 7.02. The van der Waals surface area contributed by atoms with E-state index < -0.39 is 17.2 Å². The molecule has 0 bridgehead atoms. The zero-order valence-corrected chi connectivity index (χ0v) is 8.10. The molecule has 0 saturated heterocycles.